The van der Waals surface area contributed by atoms with E-state index < -0.39 is 23.4 Å². The van der Waals surface area contributed by atoms with Crippen LogP contribution in [0.25, 0.3) is 0 Å². The number of hydrogen-bond acceptors (Lipinski definition) is 3. The maximum absolute atomic E-state index is 12.7. The topological polar surface area (TPSA) is 78.5 Å². The highest BCUT2D eigenvalue weighted by atomic mass is 79.9. The van der Waals surface area contributed by atoms with Gasteiger partial charge >= 0.3 is 6.03 Å². The van der Waals surface area contributed by atoms with E-state index in [-0.39, 0.29) is 0 Å². The summed E-state index contributed by atoms with van der Waals surface area (Å²) < 4.78 is 0.825. The van der Waals surface area contributed by atoms with Gasteiger partial charge < -0.3 is 5.32 Å². The van der Waals surface area contributed by atoms with Gasteiger partial charge in [-0.15, -0.1) is 0 Å². The van der Waals surface area contributed by atoms with Gasteiger partial charge in [-0.1, -0.05) is 46.3 Å². The summed E-state index contributed by atoms with van der Waals surface area (Å²) >= 11 is 3.28. The summed E-state index contributed by atoms with van der Waals surface area (Å²) in [4.78, 5) is 37.1. The zero-order valence-electron chi connectivity index (χ0n) is 12.7. The molecule has 7 heteroatoms. The Kier molecular flexibility index (Phi) is 4.11. The molecule has 0 aliphatic carbocycles. The fourth-order valence-electron chi connectivity index (χ4n) is 2.48. The van der Waals surface area contributed by atoms with Gasteiger partial charge in [0.15, 0.2) is 0 Å². The fourth-order valence-corrected chi connectivity index (χ4v) is 2.74. The second-order valence-corrected chi connectivity index (χ2v) is 6.43. The molecule has 2 aromatic carbocycles. The molecule has 1 heterocycles. The van der Waals surface area contributed by atoms with Crippen molar-refractivity contribution in [3.05, 3.63) is 70.2 Å². The van der Waals surface area contributed by atoms with Crippen LogP contribution in [-0.4, -0.2) is 22.9 Å². The Bertz CT molecular complexity index is 808. The van der Waals surface area contributed by atoms with Gasteiger partial charge in [0, 0.05) is 10.0 Å². The quantitative estimate of drug-likeness (QED) is 0.794. The summed E-state index contributed by atoms with van der Waals surface area (Å²) in [5, 5.41) is 3.35. The van der Waals surface area contributed by atoms with Gasteiger partial charge in [-0.05, 0) is 36.8 Å². The minimum atomic E-state index is -1.22. The minimum absolute atomic E-state index is 0.340. The van der Waals surface area contributed by atoms with Gasteiger partial charge in [0.25, 0.3) is 11.8 Å². The molecule has 1 unspecified atom stereocenters. The molecule has 0 radical (unpaired) electrons. The summed E-state index contributed by atoms with van der Waals surface area (Å²) in [5.74, 6) is -1.08. The molecule has 1 atom stereocenters. The minimum Gasteiger partial charge on any atom is -0.318 e. The van der Waals surface area contributed by atoms with Crippen LogP contribution in [0.5, 0.6) is 0 Å². The van der Waals surface area contributed by atoms with E-state index in [4.69, 9.17) is 0 Å². The number of amides is 4. The van der Waals surface area contributed by atoms with Crippen molar-refractivity contribution in [1.29, 1.82) is 0 Å². The molecule has 1 aliphatic heterocycles. The number of hydrazine groups is 1. The highest BCUT2D eigenvalue weighted by Crippen LogP contribution is 2.27. The maximum atomic E-state index is 12.7. The standard InChI is InChI=1S/C17H14BrN3O3/c1-17(12-5-3-2-4-6-12)15(23)21(16(24)19-17)20-14(22)11-7-9-13(18)10-8-11/h2-10H,1H3,(H,19,24)(H,20,22). The number of imide groups is 1. The van der Waals surface area contributed by atoms with Crippen LogP contribution in [0.3, 0.4) is 0 Å². The van der Waals surface area contributed by atoms with Crippen LogP contribution in [0.1, 0.15) is 22.8 Å². The number of halogens is 1. The Morgan fingerprint density at radius 1 is 1.08 bits per heavy atom. The van der Waals surface area contributed by atoms with Crippen molar-refractivity contribution in [1.82, 2.24) is 15.8 Å². The molecule has 122 valence electrons. The van der Waals surface area contributed by atoms with E-state index in [1.165, 1.54) is 0 Å². The molecule has 0 bridgehead atoms. The number of carbonyl (C=O) groups excluding carboxylic acids is 3. The van der Waals surface area contributed by atoms with Crippen LogP contribution in [-0.2, 0) is 10.3 Å². The molecular formula is C17H14BrN3O3. The highest BCUT2D eigenvalue weighted by molar-refractivity contribution is 9.10. The van der Waals surface area contributed by atoms with E-state index in [2.05, 4.69) is 26.7 Å². The predicted molar refractivity (Wildman–Crippen MR) is 90.8 cm³/mol. The Morgan fingerprint density at radius 2 is 1.71 bits per heavy atom. The third-order valence-corrected chi connectivity index (χ3v) is 4.39. The Balaban J connectivity index is 1.82. The fraction of sp³-hybridized carbons (Fsp3) is 0.118. The third kappa shape index (κ3) is 2.78. The Morgan fingerprint density at radius 3 is 2.33 bits per heavy atom. The first-order valence-corrected chi connectivity index (χ1v) is 8.00. The summed E-state index contributed by atoms with van der Waals surface area (Å²) in [6.07, 6.45) is 0. The lowest BCUT2D eigenvalue weighted by atomic mass is 9.92. The molecule has 2 aromatic rings. The first-order valence-electron chi connectivity index (χ1n) is 7.20. The molecule has 4 amide bonds. The molecule has 2 N–H and O–H groups in total. The van der Waals surface area contributed by atoms with Gasteiger partial charge in [0.2, 0.25) is 0 Å². The van der Waals surface area contributed by atoms with Crippen molar-refractivity contribution in [2.75, 3.05) is 0 Å². The number of carbonyl (C=O) groups is 3. The summed E-state index contributed by atoms with van der Waals surface area (Å²) in [6, 6.07) is 14.8. The SMILES string of the molecule is CC1(c2ccccc2)NC(=O)N(NC(=O)c2ccc(Br)cc2)C1=O. The van der Waals surface area contributed by atoms with Crippen molar-refractivity contribution in [2.24, 2.45) is 0 Å². The summed E-state index contributed by atoms with van der Waals surface area (Å²) in [5.41, 5.74) is 2.12. The van der Waals surface area contributed by atoms with Crippen LogP contribution in [0.2, 0.25) is 0 Å². The van der Waals surface area contributed by atoms with Crippen LogP contribution in [0, 0.1) is 0 Å². The van der Waals surface area contributed by atoms with Gasteiger partial charge in [0.1, 0.15) is 5.54 Å². The highest BCUT2D eigenvalue weighted by Gasteiger charge is 2.49. The molecule has 0 aromatic heterocycles. The first-order chi connectivity index (χ1) is 11.4. The largest absolute Gasteiger partial charge is 0.344 e. The zero-order valence-corrected chi connectivity index (χ0v) is 14.3. The third-order valence-electron chi connectivity index (χ3n) is 3.86. The van der Waals surface area contributed by atoms with Crippen LogP contribution in [0.4, 0.5) is 4.79 Å². The van der Waals surface area contributed by atoms with Crippen LogP contribution >= 0.6 is 15.9 Å². The molecule has 0 saturated carbocycles. The van der Waals surface area contributed by atoms with Gasteiger partial charge in [0.05, 0.1) is 0 Å². The van der Waals surface area contributed by atoms with E-state index in [0.717, 1.165) is 9.48 Å². The molecule has 6 nitrogen and oxygen atoms in total. The van der Waals surface area contributed by atoms with Crippen molar-refractivity contribution < 1.29 is 14.4 Å². The number of hydrogen-bond donors (Lipinski definition) is 2. The van der Waals surface area contributed by atoms with E-state index in [0.29, 0.717) is 11.1 Å². The number of urea groups is 1. The lowest BCUT2D eigenvalue weighted by molar-refractivity contribution is -0.132. The number of rotatable bonds is 3. The molecule has 1 saturated heterocycles. The first kappa shape index (κ1) is 16.2. The van der Waals surface area contributed by atoms with Crippen molar-refractivity contribution in [3.8, 4) is 0 Å². The maximum Gasteiger partial charge on any atom is 0.344 e. The lowest BCUT2D eigenvalue weighted by Crippen LogP contribution is -2.47. The zero-order chi connectivity index (χ0) is 17.3. The average molecular weight is 388 g/mol. The number of nitrogens with zero attached hydrogens (tertiary/aromatic N) is 1. The van der Waals surface area contributed by atoms with Gasteiger partial charge in [-0.2, -0.15) is 5.01 Å². The van der Waals surface area contributed by atoms with E-state index >= 15 is 0 Å². The molecule has 24 heavy (non-hydrogen) atoms. The van der Waals surface area contributed by atoms with E-state index in [1.807, 2.05) is 6.07 Å². The van der Waals surface area contributed by atoms with E-state index in [1.54, 1.807) is 55.5 Å². The van der Waals surface area contributed by atoms with E-state index in [9.17, 15) is 14.4 Å². The number of nitrogens with one attached hydrogen (secondary N) is 2. The molecular weight excluding hydrogens is 374 g/mol. The molecule has 1 fully saturated rings. The van der Waals surface area contributed by atoms with Crippen LogP contribution in [0.15, 0.2) is 59.1 Å². The molecule has 3 rings (SSSR count). The second kappa shape index (κ2) is 6.09. The normalized spacial score (nSPS) is 20.0. The molecule has 0 spiro atoms. The van der Waals surface area contributed by atoms with Crippen LogP contribution < -0.4 is 10.7 Å². The van der Waals surface area contributed by atoms with Gasteiger partial charge in [-0.25, -0.2) is 4.79 Å². The van der Waals surface area contributed by atoms with Crippen molar-refractivity contribution in [2.45, 2.75) is 12.5 Å². The smallest absolute Gasteiger partial charge is 0.318 e. The Hall–Kier alpha value is -2.67. The average Bonchev–Trinajstić information content (AvgIpc) is 2.80. The van der Waals surface area contributed by atoms with Gasteiger partial charge in [-0.3, -0.25) is 15.0 Å². The monoisotopic (exact) mass is 387 g/mol. The van der Waals surface area contributed by atoms with Crippen molar-refractivity contribution in [3.63, 3.8) is 0 Å². The Labute approximate surface area is 146 Å². The summed E-state index contributed by atoms with van der Waals surface area (Å²) in [7, 11) is 0. The molecule has 1 aliphatic rings. The van der Waals surface area contributed by atoms with Crippen molar-refractivity contribution >= 4 is 33.8 Å². The second-order valence-electron chi connectivity index (χ2n) is 5.51. The summed E-state index contributed by atoms with van der Waals surface area (Å²) in [6.45, 7) is 1.61. The lowest BCUT2D eigenvalue weighted by Gasteiger charge is -2.22. The number of benzene rings is 2. The predicted octanol–water partition coefficient (Wildman–Crippen LogP) is 2.56.